The minimum Gasteiger partial charge on any atom is -0.383 e. The number of likely N-dealkylation sites (tertiary alicyclic amines) is 1. The molecule has 0 saturated carbocycles. The van der Waals surface area contributed by atoms with E-state index in [0.717, 1.165) is 44.6 Å². The first-order valence-electron chi connectivity index (χ1n) is 7.16. The Hall–Kier alpha value is -0.580. The lowest BCUT2D eigenvalue weighted by Gasteiger charge is -2.29. The molecule has 0 spiro atoms. The maximum atomic E-state index is 11.1. The lowest BCUT2D eigenvalue weighted by Crippen LogP contribution is -2.32. The number of aromatic nitrogens is 2. The fraction of sp³-hybridized carbons (Fsp3) is 0.786. The van der Waals surface area contributed by atoms with Crippen molar-refractivity contribution in [2.75, 3.05) is 19.6 Å². The number of nitrogens with zero attached hydrogens (tertiary/aromatic N) is 3. The van der Waals surface area contributed by atoms with Crippen LogP contribution in [0.5, 0.6) is 0 Å². The molecule has 0 aliphatic carbocycles. The standard InChI is InChI=1S/C14H24ClN3O/c1-4-17-8-5-6-14(19,7-9-17)13-12(15)10-16-18(13)11(2)3/h10-11,19H,4-9H2,1-3H3. The molecule has 1 atom stereocenters. The number of rotatable bonds is 3. The van der Waals surface area contributed by atoms with Gasteiger partial charge in [0.1, 0.15) is 5.60 Å². The molecule has 2 rings (SSSR count). The number of halogens is 1. The first kappa shape index (κ1) is 14.8. The van der Waals surface area contributed by atoms with Gasteiger partial charge >= 0.3 is 0 Å². The van der Waals surface area contributed by atoms with Crippen LogP contribution in [0, 0.1) is 0 Å². The van der Waals surface area contributed by atoms with Crippen LogP contribution in [0.15, 0.2) is 6.20 Å². The van der Waals surface area contributed by atoms with Gasteiger partial charge in [-0.15, -0.1) is 0 Å². The van der Waals surface area contributed by atoms with Crippen LogP contribution < -0.4 is 0 Å². The van der Waals surface area contributed by atoms with E-state index >= 15 is 0 Å². The highest BCUT2D eigenvalue weighted by atomic mass is 35.5. The Balaban J connectivity index is 2.31. The highest BCUT2D eigenvalue weighted by Crippen LogP contribution is 2.37. The maximum absolute atomic E-state index is 11.1. The largest absolute Gasteiger partial charge is 0.383 e. The van der Waals surface area contributed by atoms with Gasteiger partial charge in [-0.2, -0.15) is 5.10 Å². The molecule has 1 aliphatic heterocycles. The third kappa shape index (κ3) is 2.96. The Kier molecular flexibility index (Phi) is 4.54. The zero-order valence-corrected chi connectivity index (χ0v) is 12.8. The topological polar surface area (TPSA) is 41.3 Å². The van der Waals surface area contributed by atoms with Gasteiger partial charge in [0.05, 0.1) is 16.9 Å². The zero-order valence-electron chi connectivity index (χ0n) is 12.1. The van der Waals surface area contributed by atoms with Crippen molar-refractivity contribution in [3.8, 4) is 0 Å². The lowest BCUT2D eigenvalue weighted by atomic mass is 9.90. The molecule has 0 aromatic carbocycles. The monoisotopic (exact) mass is 285 g/mol. The van der Waals surface area contributed by atoms with Crippen molar-refractivity contribution in [2.45, 2.75) is 51.7 Å². The number of hydrogen-bond acceptors (Lipinski definition) is 3. The smallest absolute Gasteiger partial charge is 0.109 e. The second-order valence-corrected chi connectivity index (χ2v) is 6.11. The normalized spacial score (nSPS) is 25.8. The molecule has 0 amide bonds. The van der Waals surface area contributed by atoms with Crippen molar-refractivity contribution < 1.29 is 5.11 Å². The van der Waals surface area contributed by atoms with Gasteiger partial charge in [0, 0.05) is 12.6 Å². The molecule has 4 nitrogen and oxygen atoms in total. The molecular weight excluding hydrogens is 262 g/mol. The summed E-state index contributed by atoms with van der Waals surface area (Å²) in [6.45, 7) is 9.28. The quantitative estimate of drug-likeness (QED) is 0.928. The summed E-state index contributed by atoms with van der Waals surface area (Å²) in [6, 6.07) is 0.206. The molecule has 108 valence electrons. The SMILES string of the molecule is CCN1CCCC(O)(c2c(Cl)cnn2C(C)C)CC1. The molecule has 1 saturated heterocycles. The van der Waals surface area contributed by atoms with Gasteiger partial charge in [-0.25, -0.2) is 0 Å². The van der Waals surface area contributed by atoms with Gasteiger partial charge in [0.15, 0.2) is 0 Å². The zero-order chi connectivity index (χ0) is 14.0. The van der Waals surface area contributed by atoms with Crippen LogP contribution in [0.4, 0.5) is 0 Å². The fourth-order valence-electron chi connectivity index (χ4n) is 2.90. The van der Waals surface area contributed by atoms with Crippen LogP contribution in [0.2, 0.25) is 5.02 Å². The molecule has 0 bridgehead atoms. The molecule has 2 heterocycles. The maximum Gasteiger partial charge on any atom is 0.109 e. The van der Waals surface area contributed by atoms with E-state index in [4.69, 9.17) is 11.6 Å². The summed E-state index contributed by atoms with van der Waals surface area (Å²) in [4.78, 5) is 2.38. The Morgan fingerprint density at radius 3 is 2.79 bits per heavy atom. The lowest BCUT2D eigenvalue weighted by molar-refractivity contribution is 0.0116. The van der Waals surface area contributed by atoms with Crippen molar-refractivity contribution in [3.63, 3.8) is 0 Å². The Labute approximate surface area is 120 Å². The highest BCUT2D eigenvalue weighted by molar-refractivity contribution is 6.31. The summed E-state index contributed by atoms with van der Waals surface area (Å²) in [5, 5.41) is 16.0. The van der Waals surface area contributed by atoms with E-state index in [1.165, 1.54) is 0 Å². The van der Waals surface area contributed by atoms with Gasteiger partial charge in [0.2, 0.25) is 0 Å². The van der Waals surface area contributed by atoms with Gasteiger partial charge in [0.25, 0.3) is 0 Å². The van der Waals surface area contributed by atoms with E-state index in [0.29, 0.717) is 5.02 Å². The average Bonchev–Trinajstić information content (AvgIpc) is 2.65. The predicted molar refractivity (Wildman–Crippen MR) is 77.5 cm³/mol. The summed E-state index contributed by atoms with van der Waals surface area (Å²) >= 11 is 6.28. The molecule has 1 aliphatic rings. The molecule has 1 N–H and O–H groups in total. The van der Waals surface area contributed by atoms with Crippen LogP contribution in [-0.2, 0) is 5.60 Å². The van der Waals surface area contributed by atoms with E-state index in [1.54, 1.807) is 6.20 Å². The molecule has 5 heteroatoms. The summed E-state index contributed by atoms with van der Waals surface area (Å²) in [5.74, 6) is 0. The second kappa shape index (κ2) is 5.81. The fourth-order valence-corrected chi connectivity index (χ4v) is 3.20. The third-order valence-electron chi connectivity index (χ3n) is 4.03. The third-order valence-corrected chi connectivity index (χ3v) is 4.31. The first-order valence-corrected chi connectivity index (χ1v) is 7.54. The summed E-state index contributed by atoms with van der Waals surface area (Å²) < 4.78 is 1.87. The average molecular weight is 286 g/mol. The Morgan fingerprint density at radius 1 is 1.42 bits per heavy atom. The van der Waals surface area contributed by atoms with Crippen molar-refractivity contribution in [1.29, 1.82) is 0 Å². The molecule has 19 heavy (non-hydrogen) atoms. The molecule has 0 radical (unpaired) electrons. The van der Waals surface area contributed by atoms with Crippen LogP contribution in [0.25, 0.3) is 0 Å². The first-order chi connectivity index (χ1) is 8.98. The second-order valence-electron chi connectivity index (χ2n) is 5.70. The van der Waals surface area contributed by atoms with Gasteiger partial charge in [-0.05, 0) is 46.2 Å². The van der Waals surface area contributed by atoms with Gasteiger partial charge in [-0.3, -0.25) is 4.68 Å². The van der Waals surface area contributed by atoms with Gasteiger partial charge in [-0.1, -0.05) is 18.5 Å². The van der Waals surface area contributed by atoms with E-state index in [1.807, 2.05) is 4.68 Å². The number of hydrogen-bond donors (Lipinski definition) is 1. The summed E-state index contributed by atoms with van der Waals surface area (Å²) in [5.41, 5.74) is -0.0518. The molecule has 1 fully saturated rings. The van der Waals surface area contributed by atoms with Crippen molar-refractivity contribution >= 4 is 11.6 Å². The van der Waals surface area contributed by atoms with E-state index in [9.17, 15) is 5.11 Å². The van der Waals surface area contributed by atoms with Crippen LogP contribution in [0.1, 0.15) is 51.8 Å². The Morgan fingerprint density at radius 2 is 2.16 bits per heavy atom. The highest BCUT2D eigenvalue weighted by Gasteiger charge is 2.37. The molecule has 1 unspecified atom stereocenters. The summed E-state index contributed by atoms with van der Waals surface area (Å²) in [6.07, 6.45) is 4.11. The van der Waals surface area contributed by atoms with Crippen molar-refractivity contribution in [1.82, 2.24) is 14.7 Å². The van der Waals surface area contributed by atoms with E-state index in [2.05, 4.69) is 30.8 Å². The van der Waals surface area contributed by atoms with Crippen molar-refractivity contribution in [3.05, 3.63) is 16.9 Å². The van der Waals surface area contributed by atoms with Crippen LogP contribution in [-0.4, -0.2) is 39.4 Å². The van der Waals surface area contributed by atoms with Crippen molar-refractivity contribution in [2.24, 2.45) is 0 Å². The van der Waals surface area contributed by atoms with Crippen LogP contribution >= 0.6 is 11.6 Å². The molecule has 1 aromatic rings. The van der Waals surface area contributed by atoms with E-state index in [-0.39, 0.29) is 6.04 Å². The molecule has 1 aromatic heterocycles. The van der Waals surface area contributed by atoms with Crippen LogP contribution in [0.3, 0.4) is 0 Å². The summed E-state index contributed by atoms with van der Waals surface area (Å²) in [7, 11) is 0. The van der Waals surface area contributed by atoms with Gasteiger partial charge < -0.3 is 10.0 Å². The van der Waals surface area contributed by atoms with E-state index < -0.39 is 5.60 Å². The predicted octanol–water partition coefficient (Wildman–Crippen LogP) is 2.81. The minimum absolute atomic E-state index is 0.206. The number of aliphatic hydroxyl groups is 1. The Bertz CT molecular complexity index is 432. The molecular formula is C14H24ClN3O. The minimum atomic E-state index is -0.845.